The van der Waals surface area contributed by atoms with Gasteiger partial charge in [0.25, 0.3) is 0 Å². The fraction of sp³-hybridized carbons (Fsp3) is 0.280. The average Bonchev–Trinajstić information content (AvgIpc) is 2.92. The van der Waals surface area contributed by atoms with E-state index in [1.165, 1.54) is 55.3 Å². The van der Waals surface area contributed by atoms with Gasteiger partial charge >= 0.3 is 0 Å². The molecule has 4 rings (SSSR count). The van der Waals surface area contributed by atoms with E-state index in [0.29, 0.717) is 0 Å². The molecule has 0 unspecified atom stereocenters. The van der Waals surface area contributed by atoms with Crippen LogP contribution in [0.3, 0.4) is 0 Å². The van der Waals surface area contributed by atoms with Crippen LogP contribution in [0.2, 0.25) is 0 Å². The molecule has 0 atom stereocenters. The summed E-state index contributed by atoms with van der Waals surface area (Å²) < 4.78 is 11.3. The SMILES string of the molecule is COc1cc2c(cc1C)B(c1c(C)cc(C)cc1C)c1cc(C)c(OC)cc1-2. The summed E-state index contributed by atoms with van der Waals surface area (Å²) in [5.74, 6) is 1.87. The smallest absolute Gasteiger partial charge is 0.243 e. The number of hydrogen-bond acceptors (Lipinski definition) is 2. The summed E-state index contributed by atoms with van der Waals surface area (Å²) >= 11 is 0. The van der Waals surface area contributed by atoms with Crippen molar-refractivity contribution in [2.75, 3.05) is 14.2 Å². The maximum absolute atomic E-state index is 5.64. The van der Waals surface area contributed by atoms with Crippen LogP contribution in [0.4, 0.5) is 0 Å². The second kappa shape index (κ2) is 6.74. The summed E-state index contributed by atoms with van der Waals surface area (Å²) in [5.41, 5.74) is 13.0. The Morgan fingerprint density at radius 2 is 1.00 bits per heavy atom. The van der Waals surface area contributed by atoms with Crippen molar-refractivity contribution in [2.45, 2.75) is 34.6 Å². The maximum atomic E-state index is 5.64. The molecule has 1 heterocycles. The third-order valence-corrected chi connectivity index (χ3v) is 6.07. The van der Waals surface area contributed by atoms with Gasteiger partial charge in [-0.2, -0.15) is 0 Å². The fourth-order valence-electron chi connectivity index (χ4n) is 4.93. The number of methoxy groups -OCH3 is 2. The Morgan fingerprint density at radius 3 is 1.39 bits per heavy atom. The van der Waals surface area contributed by atoms with E-state index in [0.717, 1.165) is 11.5 Å². The molecule has 1 aliphatic rings. The molecule has 0 amide bonds. The molecular formula is C25H27BO2. The minimum atomic E-state index is 0.236. The van der Waals surface area contributed by atoms with Gasteiger partial charge < -0.3 is 9.47 Å². The first kappa shape index (κ1) is 18.7. The number of rotatable bonds is 3. The molecule has 3 heteroatoms. The molecule has 0 bridgehead atoms. The molecular weight excluding hydrogens is 343 g/mol. The summed E-state index contributed by atoms with van der Waals surface area (Å²) in [4.78, 5) is 0. The molecule has 0 N–H and O–H groups in total. The van der Waals surface area contributed by atoms with Gasteiger partial charge in [-0.25, -0.2) is 0 Å². The number of fused-ring (bicyclic) bond motifs is 3. The topological polar surface area (TPSA) is 18.5 Å². The molecule has 0 saturated heterocycles. The molecule has 142 valence electrons. The normalized spacial score (nSPS) is 12.0. The van der Waals surface area contributed by atoms with Crippen LogP contribution in [0.5, 0.6) is 11.5 Å². The first-order chi connectivity index (χ1) is 13.3. The van der Waals surface area contributed by atoms with Crippen LogP contribution in [-0.4, -0.2) is 20.9 Å². The van der Waals surface area contributed by atoms with E-state index in [1.807, 2.05) is 0 Å². The zero-order chi connectivity index (χ0) is 20.2. The summed E-state index contributed by atoms with van der Waals surface area (Å²) in [6, 6.07) is 13.6. The van der Waals surface area contributed by atoms with Gasteiger partial charge in [-0.15, -0.1) is 0 Å². The zero-order valence-electron chi connectivity index (χ0n) is 17.9. The van der Waals surface area contributed by atoms with E-state index in [-0.39, 0.29) is 6.71 Å². The number of ether oxygens (including phenoxy) is 2. The van der Waals surface area contributed by atoms with E-state index >= 15 is 0 Å². The third-order valence-electron chi connectivity index (χ3n) is 6.07. The van der Waals surface area contributed by atoms with Gasteiger partial charge in [0.15, 0.2) is 0 Å². The number of benzene rings is 3. The monoisotopic (exact) mass is 370 g/mol. The summed E-state index contributed by atoms with van der Waals surface area (Å²) in [6.07, 6.45) is 0. The molecule has 28 heavy (non-hydrogen) atoms. The van der Waals surface area contributed by atoms with Crippen molar-refractivity contribution < 1.29 is 9.47 Å². The van der Waals surface area contributed by atoms with Crippen molar-refractivity contribution in [3.8, 4) is 22.6 Å². The van der Waals surface area contributed by atoms with E-state index in [1.54, 1.807) is 14.2 Å². The zero-order valence-corrected chi connectivity index (χ0v) is 17.9. The van der Waals surface area contributed by atoms with Crippen LogP contribution in [-0.2, 0) is 0 Å². The van der Waals surface area contributed by atoms with E-state index < -0.39 is 0 Å². The second-order valence-corrected chi connectivity index (χ2v) is 8.06. The Hall–Kier alpha value is -2.68. The molecule has 0 radical (unpaired) electrons. The van der Waals surface area contributed by atoms with Crippen LogP contribution < -0.4 is 25.9 Å². The van der Waals surface area contributed by atoms with E-state index in [4.69, 9.17) is 9.47 Å². The van der Waals surface area contributed by atoms with Crippen molar-refractivity contribution in [2.24, 2.45) is 0 Å². The lowest BCUT2D eigenvalue weighted by Crippen LogP contribution is -2.51. The Kier molecular flexibility index (Phi) is 4.49. The highest BCUT2D eigenvalue weighted by molar-refractivity contribution is 6.99. The van der Waals surface area contributed by atoms with Crippen LogP contribution in [0.15, 0.2) is 36.4 Å². The Bertz CT molecular complexity index is 1020. The van der Waals surface area contributed by atoms with Gasteiger partial charge in [0.2, 0.25) is 6.71 Å². The minimum Gasteiger partial charge on any atom is -0.496 e. The maximum Gasteiger partial charge on any atom is 0.243 e. The molecule has 0 fully saturated rings. The average molecular weight is 370 g/mol. The number of aryl methyl sites for hydroxylation is 5. The summed E-state index contributed by atoms with van der Waals surface area (Å²) in [6.45, 7) is 11.1. The quantitative estimate of drug-likeness (QED) is 0.512. The predicted molar refractivity (Wildman–Crippen MR) is 120 cm³/mol. The van der Waals surface area contributed by atoms with Gasteiger partial charge in [0.05, 0.1) is 14.2 Å². The van der Waals surface area contributed by atoms with E-state index in [2.05, 4.69) is 71.0 Å². The van der Waals surface area contributed by atoms with Gasteiger partial charge in [0.1, 0.15) is 11.5 Å². The van der Waals surface area contributed by atoms with Crippen LogP contribution in [0.25, 0.3) is 11.1 Å². The first-order valence-corrected chi connectivity index (χ1v) is 9.80. The van der Waals surface area contributed by atoms with Crippen LogP contribution >= 0.6 is 0 Å². The van der Waals surface area contributed by atoms with Crippen molar-refractivity contribution in [3.05, 3.63) is 64.2 Å². The molecule has 0 spiro atoms. The number of hydrogen-bond donors (Lipinski definition) is 0. The lowest BCUT2D eigenvalue weighted by Gasteiger charge is -2.19. The van der Waals surface area contributed by atoms with Crippen molar-refractivity contribution in [3.63, 3.8) is 0 Å². The predicted octanol–water partition coefficient (Wildman–Crippen LogP) is 3.74. The molecule has 0 saturated carbocycles. The highest BCUT2D eigenvalue weighted by Gasteiger charge is 2.36. The van der Waals surface area contributed by atoms with Crippen LogP contribution in [0.1, 0.15) is 27.8 Å². The van der Waals surface area contributed by atoms with Crippen molar-refractivity contribution >= 4 is 23.1 Å². The van der Waals surface area contributed by atoms with Gasteiger partial charge in [-0.05, 0) is 69.0 Å². The molecule has 1 aliphatic heterocycles. The summed E-state index contributed by atoms with van der Waals surface area (Å²) in [7, 11) is 3.48. The molecule has 2 nitrogen and oxygen atoms in total. The molecule has 0 aromatic heterocycles. The standard InChI is InChI=1S/C25H27BO2/c1-14-8-17(4)25(18(5)9-14)26-21-10-15(2)23(27-6)12-19(21)20-13-24(28-7)16(3)11-22(20)26/h8-13H,1-7H3. The van der Waals surface area contributed by atoms with E-state index in [9.17, 15) is 0 Å². The lowest BCUT2D eigenvalue weighted by atomic mass is 9.37. The Morgan fingerprint density at radius 1 is 0.571 bits per heavy atom. The van der Waals surface area contributed by atoms with Gasteiger partial charge in [-0.1, -0.05) is 57.3 Å². The highest BCUT2D eigenvalue weighted by atomic mass is 16.5. The highest BCUT2D eigenvalue weighted by Crippen LogP contribution is 2.33. The molecule has 3 aromatic carbocycles. The Labute approximate surface area is 168 Å². The summed E-state index contributed by atoms with van der Waals surface area (Å²) in [5, 5.41) is 0. The van der Waals surface area contributed by atoms with Crippen molar-refractivity contribution in [1.29, 1.82) is 0 Å². The second-order valence-electron chi connectivity index (χ2n) is 8.06. The van der Waals surface area contributed by atoms with Crippen LogP contribution in [0, 0.1) is 34.6 Å². The third kappa shape index (κ3) is 2.72. The fourth-order valence-corrected chi connectivity index (χ4v) is 4.93. The lowest BCUT2D eigenvalue weighted by molar-refractivity contribution is 0.411. The minimum absolute atomic E-state index is 0.236. The van der Waals surface area contributed by atoms with Crippen molar-refractivity contribution in [1.82, 2.24) is 0 Å². The Balaban J connectivity index is 2.07. The largest absolute Gasteiger partial charge is 0.496 e. The first-order valence-electron chi connectivity index (χ1n) is 9.80. The van der Waals surface area contributed by atoms with Gasteiger partial charge in [-0.3, -0.25) is 0 Å². The van der Waals surface area contributed by atoms with Gasteiger partial charge in [0, 0.05) is 0 Å². The molecule has 3 aromatic rings. The molecule has 0 aliphatic carbocycles.